The predicted molar refractivity (Wildman–Crippen MR) is 78.2 cm³/mol. The van der Waals surface area contributed by atoms with Crippen molar-refractivity contribution in [2.45, 2.75) is 25.5 Å². The molecule has 0 bridgehead atoms. The topological polar surface area (TPSA) is 73.9 Å². The Morgan fingerprint density at radius 3 is 2.57 bits per heavy atom. The number of nitrogens with zero attached hydrogens (tertiary/aromatic N) is 2. The highest BCUT2D eigenvalue weighted by atomic mass is 16.7. The third-order valence-electron chi connectivity index (χ3n) is 3.55. The number of hydrogen-bond acceptors (Lipinski definition) is 4. The molecule has 2 N–H and O–H groups in total. The molecule has 1 saturated heterocycles. The Morgan fingerprint density at radius 1 is 1.38 bits per heavy atom. The number of nitrogens with one attached hydrogen (secondary N) is 2. The number of carbonyl (C=O) groups is 2. The highest BCUT2D eigenvalue weighted by Gasteiger charge is 2.51. The van der Waals surface area contributed by atoms with Crippen molar-refractivity contribution in [1.29, 1.82) is 0 Å². The van der Waals surface area contributed by atoms with Gasteiger partial charge < -0.3 is 4.90 Å². The van der Waals surface area contributed by atoms with Crippen LogP contribution in [0.1, 0.15) is 13.8 Å². The summed E-state index contributed by atoms with van der Waals surface area (Å²) in [5.74, 6) is -0.264. The summed E-state index contributed by atoms with van der Waals surface area (Å²) in [6.07, 6.45) is 0. The van der Waals surface area contributed by atoms with Crippen LogP contribution in [-0.4, -0.2) is 42.6 Å². The van der Waals surface area contributed by atoms with E-state index in [0.29, 0.717) is 0 Å². The van der Waals surface area contributed by atoms with Crippen molar-refractivity contribution in [3.05, 3.63) is 30.3 Å². The SMILES string of the molecule is CC1NN(c2ccccc2)C(=O)C1(C)ONC(=O)N(C)C. The van der Waals surface area contributed by atoms with E-state index < -0.39 is 11.6 Å². The number of amides is 3. The molecule has 114 valence electrons. The summed E-state index contributed by atoms with van der Waals surface area (Å²) in [7, 11) is 3.19. The maximum absolute atomic E-state index is 12.6. The standard InChI is InChI=1S/C14H20N4O3/c1-10-14(2,21-16-13(20)17(3)4)12(19)18(15-10)11-8-6-5-7-9-11/h5-10,15H,1-4H3,(H,16,20). The predicted octanol–water partition coefficient (Wildman–Crippen LogP) is 0.888. The first-order valence-corrected chi connectivity index (χ1v) is 6.67. The summed E-state index contributed by atoms with van der Waals surface area (Å²) in [4.78, 5) is 30.9. The van der Waals surface area contributed by atoms with Gasteiger partial charge in [0.15, 0.2) is 5.60 Å². The Morgan fingerprint density at radius 2 is 2.00 bits per heavy atom. The lowest BCUT2D eigenvalue weighted by Crippen LogP contribution is -2.51. The second-order valence-corrected chi connectivity index (χ2v) is 5.34. The first-order chi connectivity index (χ1) is 9.86. The van der Waals surface area contributed by atoms with E-state index in [2.05, 4.69) is 10.9 Å². The van der Waals surface area contributed by atoms with E-state index >= 15 is 0 Å². The quantitative estimate of drug-likeness (QED) is 0.811. The zero-order valence-electron chi connectivity index (χ0n) is 12.6. The van der Waals surface area contributed by atoms with Crippen LogP contribution in [0, 0.1) is 0 Å². The molecule has 0 aromatic heterocycles. The Hall–Kier alpha value is -2.12. The highest BCUT2D eigenvalue weighted by molar-refractivity contribution is 6.01. The van der Waals surface area contributed by atoms with Gasteiger partial charge in [-0.2, -0.15) is 0 Å². The minimum absolute atomic E-state index is 0.264. The summed E-state index contributed by atoms with van der Waals surface area (Å²) < 4.78 is 0. The van der Waals surface area contributed by atoms with Crippen LogP contribution in [0.15, 0.2) is 30.3 Å². The summed E-state index contributed by atoms with van der Waals surface area (Å²) in [5.41, 5.74) is 4.90. The van der Waals surface area contributed by atoms with Crippen LogP contribution in [0.3, 0.4) is 0 Å². The molecule has 1 heterocycles. The van der Waals surface area contributed by atoms with Gasteiger partial charge in [0.25, 0.3) is 5.91 Å². The number of para-hydroxylation sites is 1. The van der Waals surface area contributed by atoms with Gasteiger partial charge in [-0.3, -0.25) is 9.63 Å². The lowest BCUT2D eigenvalue weighted by Gasteiger charge is -2.25. The van der Waals surface area contributed by atoms with Gasteiger partial charge in [0.1, 0.15) is 0 Å². The number of benzene rings is 1. The largest absolute Gasteiger partial charge is 0.340 e. The molecule has 2 rings (SSSR count). The number of anilines is 1. The van der Waals surface area contributed by atoms with Crippen molar-refractivity contribution in [2.75, 3.05) is 19.1 Å². The van der Waals surface area contributed by atoms with Crippen molar-refractivity contribution < 1.29 is 14.4 Å². The Kier molecular flexibility index (Phi) is 4.15. The Bertz CT molecular complexity index is 534. The van der Waals surface area contributed by atoms with Crippen LogP contribution in [-0.2, 0) is 9.63 Å². The molecule has 0 spiro atoms. The smallest absolute Gasteiger partial charge is 0.329 e. The molecule has 3 amide bonds. The van der Waals surface area contributed by atoms with Crippen LogP contribution in [0.2, 0.25) is 0 Å². The fourth-order valence-electron chi connectivity index (χ4n) is 1.92. The average Bonchev–Trinajstić information content (AvgIpc) is 2.70. The van der Waals surface area contributed by atoms with Crippen LogP contribution in [0.4, 0.5) is 10.5 Å². The number of carbonyl (C=O) groups excluding carboxylic acids is 2. The summed E-state index contributed by atoms with van der Waals surface area (Å²) in [6.45, 7) is 3.47. The minimum Gasteiger partial charge on any atom is -0.329 e. The second-order valence-electron chi connectivity index (χ2n) is 5.34. The lowest BCUT2D eigenvalue weighted by molar-refractivity contribution is -0.146. The van der Waals surface area contributed by atoms with E-state index in [1.54, 1.807) is 21.0 Å². The third-order valence-corrected chi connectivity index (χ3v) is 3.55. The molecule has 1 aromatic rings. The molecule has 0 radical (unpaired) electrons. The van der Waals surface area contributed by atoms with Crippen molar-refractivity contribution in [2.24, 2.45) is 0 Å². The van der Waals surface area contributed by atoms with Gasteiger partial charge in [-0.25, -0.2) is 20.7 Å². The van der Waals surface area contributed by atoms with E-state index in [0.717, 1.165) is 5.69 Å². The van der Waals surface area contributed by atoms with Gasteiger partial charge in [0.2, 0.25) is 0 Å². The van der Waals surface area contributed by atoms with E-state index in [4.69, 9.17) is 4.84 Å². The van der Waals surface area contributed by atoms with E-state index in [-0.39, 0.29) is 11.9 Å². The zero-order valence-corrected chi connectivity index (χ0v) is 12.6. The molecule has 7 nitrogen and oxygen atoms in total. The number of hydrazine groups is 1. The van der Waals surface area contributed by atoms with Crippen LogP contribution in [0.5, 0.6) is 0 Å². The first-order valence-electron chi connectivity index (χ1n) is 6.67. The molecule has 21 heavy (non-hydrogen) atoms. The molecule has 1 fully saturated rings. The number of urea groups is 1. The van der Waals surface area contributed by atoms with Crippen LogP contribution in [0.25, 0.3) is 0 Å². The fourth-order valence-corrected chi connectivity index (χ4v) is 1.92. The summed E-state index contributed by atoms with van der Waals surface area (Å²) in [6, 6.07) is 8.49. The van der Waals surface area contributed by atoms with Gasteiger partial charge >= 0.3 is 6.03 Å². The monoisotopic (exact) mass is 292 g/mol. The lowest BCUT2D eigenvalue weighted by atomic mass is 9.99. The van der Waals surface area contributed by atoms with Gasteiger partial charge in [-0.15, -0.1) is 0 Å². The van der Waals surface area contributed by atoms with Crippen molar-refractivity contribution in [3.8, 4) is 0 Å². The van der Waals surface area contributed by atoms with E-state index in [1.165, 1.54) is 9.91 Å². The highest BCUT2D eigenvalue weighted by Crippen LogP contribution is 2.28. The van der Waals surface area contributed by atoms with Crippen LogP contribution < -0.4 is 15.9 Å². The number of hydroxylamine groups is 1. The molecule has 7 heteroatoms. The zero-order chi connectivity index (χ0) is 15.6. The second kappa shape index (κ2) is 5.71. The van der Waals surface area contributed by atoms with Crippen molar-refractivity contribution in [3.63, 3.8) is 0 Å². The first kappa shape index (κ1) is 15.3. The summed E-state index contributed by atoms with van der Waals surface area (Å²) >= 11 is 0. The number of rotatable bonds is 3. The Balaban J connectivity index is 2.14. The molecule has 2 atom stereocenters. The molecular weight excluding hydrogens is 272 g/mol. The molecule has 1 aromatic carbocycles. The van der Waals surface area contributed by atoms with Gasteiger partial charge in [-0.05, 0) is 26.0 Å². The third kappa shape index (κ3) is 2.84. The van der Waals surface area contributed by atoms with Gasteiger partial charge in [0.05, 0.1) is 11.7 Å². The minimum atomic E-state index is -1.18. The average molecular weight is 292 g/mol. The van der Waals surface area contributed by atoms with Gasteiger partial charge in [0, 0.05) is 14.1 Å². The van der Waals surface area contributed by atoms with Crippen molar-refractivity contribution >= 4 is 17.6 Å². The molecule has 0 aliphatic carbocycles. The number of hydrogen-bond donors (Lipinski definition) is 2. The molecule has 1 aliphatic rings. The maximum atomic E-state index is 12.6. The van der Waals surface area contributed by atoms with E-state index in [9.17, 15) is 9.59 Å². The fraction of sp³-hybridized carbons (Fsp3) is 0.429. The van der Waals surface area contributed by atoms with Crippen molar-refractivity contribution in [1.82, 2.24) is 15.8 Å². The molecule has 2 unspecified atom stereocenters. The maximum Gasteiger partial charge on any atom is 0.340 e. The molecule has 0 saturated carbocycles. The normalized spacial score (nSPS) is 25.0. The molecule has 1 aliphatic heterocycles. The van der Waals surface area contributed by atoms with Gasteiger partial charge in [-0.1, -0.05) is 18.2 Å². The summed E-state index contributed by atoms with van der Waals surface area (Å²) in [5, 5.41) is 1.44. The van der Waals surface area contributed by atoms with E-state index in [1.807, 2.05) is 37.3 Å². The molecular formula is C14H20N4O3. The van der Waals surface area contributed by atoms with Crippen LogP contribution >= 0.6 is 0 Å². The Labute approximate surface area is 123 Å².